The number of pyridine rings is 2. The maximum Gasteiger partial charge on any atom is 0.410 e. The van der Waals surface area contributed by atoms with Gasteiger partial charge in [0, 0.05) is 36.8 Å². The number of carbonyl (C=O) groups excluding carboxylic acids is 2. The van der Waals surface area contributed by atoms with Gasteiger partial charge in [0.25, 0.3) is 0 Å². The van der Waals surface area contributed by atoms with Crippen molar-refractivity contribution in [1.82, 2.24) is 14.9 Å². The predicted molar refractivity (Wildman–Crippen MR) is 146 cm³/mol. The molecule has 9 nitrogen and oxygen atoms in total. The number of rotatable bonds is 4. The van der Waals surface area contributed by atoms with E-state index in [2.05, 4.69) is 4.98 Å². The average molecular weight is 548 g/mol. The van der Waals surface area contributed by atoms with Crippen LogP contribution >= 0.6 is 11.6 Å². The Kier molecular flexibility index (Phi) is 10.9. The smallest absolute Gasteiger partial charge is 0.410 e. The Labute approximate surface area is 229 Å². The maximum atomic E-state index is 12.5. The van der Waals surface area contributed by atoms with Crippen molar-refractivity contribution in [1.29, 1.82) is 0 Å². The Morgan fingerprint density at radius 3 is 2.29 bits per heavy atom. The van der Waals surface area contributed by atoms with E-state index < -0.39 is 11.6 Å². The second-order valence-corrected chi connectivity index (χ2v) is 10.8. The summed E-state index contributed by atoms with van der Waals surface area (Å²) in [7, 11) is 0. The lowest BCUT2D eigenvalue weighted by atomic mass is 9.86. The summed E-state index contributed by atoms with van der Waals surface area (Å²) in [6, 6.07) is 5.50. The normalized spacial score (nSPS) is 17.1. The van der Waals surface area contributed by atoms with Crippen molar-refractivity contribution in [3.63, 3.8) is 0 Å². The van der Waals surface area contributed by atoms with Gasteiger partial charge in [-0.2, -0.15) is 0 Å². The summed E-state index contributed by atoms with van der Waals surface area (Å²) in [5.74, 6) is -0.352. The molecule has 2 aromatic rings. The van der Waals surface area contributed by atoms with E-state index in [1.54, 1.807) is 17.2 Å². The Morgan fingerprint density at radius 1 is 1.11 bits per heavy atom. The number of nitrogens with zero attached hydrogens (tertiary/aromatic N) is 3. The molecule has 0 spiro atoms. The molecule has 0 aliphatic carbocycles. The van der Waals surface area contributed by atoms with E-state index in [1.807, 2.05) is 46.8 Å². The highest BCUT2D eigenvalue weighted by Crippen LogP contribution is 2.33. The van der Waals surface area contributed by atoms with Gasteiger partial charge in [0.2, 0.25) is 0 Å². The van der Waals surface area contributed by atoms with Crippen LogP contribution in [0.1, 0.15) is 53.2 Å². The number of halogens is 1. The molecule has 0 atom stereocenters. The zero-order valence-electron chi connectivity index (χ0n) is 22.9. The van der Waals surface area contributed by atoms with Crippen LogP contribution in [0.2, 0.25) is 5.15 Å². The van der Waals surface area contributed by atoms with Crippen LogP contribution in [0, 0.1) is 5.92 Å². The SMILES string of the molecule is C1COCCO1.CC(C)OC(=O)/C=C(/c1ccc2cnc(Cl)cc2n1)C1CCN(C(=O)OC(C)(C)C)CC1. The molecule has 1 amide bonds. The minimum atomic E-state index is -0.537. The van der Waals surface area contributed by atoms with Crippen LogP contribution in [0.3, 0.4) is 0 Å². The molecule has 2 fully saturated rings. The Morgan fingerprint density at radius 2 is 1.74 bits per heavy atom. The van der Waals surface area contributed by atoms with Crippen LogP contribution in [0.5, 0.6) is 0 Å². The second-order valence-electron chi connectivity index (χ2n) is 10.4. The lowest BCUT2D eigenvalue weighted by molar-refractivity contribution is -0.141. The third kappa shape index (κ3) is 9.53. The monoisotopic (exact) mass is 547 g/mol. The highest BCUT2D eigenvalue weighted by Gasteiger charge is 2.29. The fourth-order valence-corrected chi connectivity index (χ4v) is 4.24. The minimum absolute atomic E-state index is 0.0515. The lowest BCUT2D eigenvalue weighted by Crippen LogP contribution is -2.42. The molecule has 10 heteroatoms. The largest absolute Gasteiger partial charge is 0.460 e. The number of allylic oxidation sites excluding steroid dienone is 1. The van der Waals surface area contributed by atoms with Crippen molar-refractivity contribution >= 4 is 40.1 Å². The van der Waals surface area contributed by atoms with Crippen molar-refractivity contribution in [3.8, 4) is 0 Å². The standard InChI is InChI=1S/C24H30ClN3O4.C4H8O2/c1-15(2)31-22(29)12-18(19-7-6-17-14-26-21(25)13-20(17)27-19)16-8-10-28(11-9-16)23(30)32-24(3,4)5;1-2-6-4-3-5-1/h6-7,12-16H,8-11H2,1-5H3;1-4H2/b18-12+;. The molecule has 0 unspecified atom stereocenters. The van der Waals surface area contributed by atoms with Crippen LogP contribution in [0.15, 0.2) is 30.5 Å². The van der Waals surface area contributed by atoms with Crippen LogP contribution in [-0.4, -0.2) is 78.2 Å². The van der Waals surface area contributed by atoms with Crippen molar-refractivity contribution < 1.29 is 28.5 Å². The molecule has 0 aromatic carbocycles. The first kappa shape index (κ1) is 29.8. The molecule has 208 valence electrons. The van der Waals surface area contributed by atoms with Gasteiger partial charge < -0.3 is 23.8 Å². The van der Waals surface area contributed by atoms with Gasteiger partial charge in [-0.3, -0.25) is 0 Å². The third-order valence-corrected chi connectivity index (χ3v) is 6.00. The van der Waals surface area contributed by atoms with Crippen LogP contribution in [-0.2, 0) is 23.7 Å². The van der Waals surface area contributed by atoms with E-state index in [0.717, 1.165) is 37.4 Å². The minimum Gasteiger partial charge on any atom is -0.460 e. The molecular weight excluding hydrogens is 510 g/mol. The lowest BCUT2D eigenvalue weighted by Gasteiger charge is -2.34. The number of esters is 1. The quantitative estimate of drug-likeness (QED) is 0.289. The number of carbonyl (C=O) groups is 2. The number of aromatic nitrogens is 2. The molecule has 2 aliphatic rings. The van der Waals surface area contributed by atoms with Gasteiger partial charge in [-0.15, -0.1) is 0 Å². The van der Waals surface area contributed by atoms with Gasteiger partial charge >= 0.3 is 12.1 Å². The number of hydrogen-bond acceptors (Lipinski definition) is 8. The number of piperidine rings is 1. The molecule has 38 heavy (non-hydrogen) atoms. The molecular formula is C28H38ClN3O6. The van der Waals surface area contributed by atoms with E-state index in [4.69, 9.17) is 35.5 Å². The van der Waals surface area contributed by atoms with Gasteiger partial charge in [-0.05, 0) is 71.1 Å². The van der Waals surface area contributed by atoms with Gasteiger partial charge in [-0.25, -0.2) is 19.6 Å². The molecule has 4 heterocycles. The first-order valence-electron chi connectivity index (χ1n) is 13.0. The van der Waals surface area contributed by atoms with Gasteiger partial charge in [0.05, 0.1) is 43.7 Å². The molecule has 0 bridgehead atoms. The van der Waals surface area contributed by atoms with E-state index in [1.165, 1.54) is 6.08 Å². The molecule has 2 saturated heterocycles. The Hall–Kier alpha value is -2.75. The third-order valence-electron chi connectivity index (χ3n) is 5.79. The fourth-order valence-electron chi connectivity index (χ4n) is 4.09. The summed E-state index contributed by atoms with van der Waals surface area (Å²) in [6.07, 6.45) is 4.05. The molecule has 2 aliphatic heterocycles. The maximum absolute atomic E-state index is 12.5. The topological polar surface area (TPSA) is 100 Å². The molecule has 0 N–H and O–H groups in total. The zero-order chi connectivity index (χ0) is 27.7. The van der Waals surface area contributed by atoms with E-state index >= 15 is 0 Å². The van der Waals surface area contributed by atoms with Crippen LogP contribution in [0.4, 0.5) is 4.79 Å². The van der Waals surface area contributed by atoms with Gasteiger partial charge in [0.15, 0.2) is 0 Å². The Bertz CT molecular complexity index is 1110. The van der Waals surface area contributed by atoms with Gasteiger partial charge in [0.1, 0.15) is 10.8 Å². The molecule has 0 radical (unpaired) electrons. The highest BCUT2D eigenvalue weighted by molar-refractivity contribution is 6.30. The molecule has 4 rings (SSSR count). The number of likely N-dealkylation sites (tertiary alicyclic amines) is 1. The van der Waals surface area contributed by atoms with Crippen molar-refractivity contribution in [2.24, 2.45) is 5.92 Å². The van der Waals surface area contributed by atoms with Crippen LogP contribution < -0.4 is 0 Å². The fraction of sp³-hybridized carbons (Fsp3) is 0.571. The summed E-state index contributed by atoms with van der Waals surface area (Å²) in [6.45, 7) is 13.4. The first-order chi connectivity index (χ1) is 18.0. The predicted octanol–water partition coefficient (Wildman–Crippen LogP) is 5.30. The van der Waals surface area contributed by atoms with Crippen molar-refractivity contribution in [2.45, 2.75) is 59.2 Å². The van der Waals surface area contributed by atoms with Crippen molar-refractivity contribution in [3.05, 3.63) is 41.3 Å². The van der Waals surface area contributed by atoms with E-state index in [9.17, 15) is 9.59 Å². The van der Waals surface area contributed by atoms with E-state index in [-0.39, 0.29) is 18.1 Å². The van der Waals surface area contributed by atoms with Crippen LogP contribution in [0.25, 0.3) is 16.5 Å². The number of hydrogen-bond donors (Lipinski definition) is 0. The summed E-state index contributed by atoms with van der Waals surface area (Å²) < 4.78 is 20.7. The zero-order valence-corrected chi connectivity index (χ0v) is 23.6. The molecule has 2 aromatic heterocycles. The summed E-state index contributed by atoms with van der Waals surface area (Å²) >= 11 is 6.04. The Balaban J connectivity index is 0.000000585. The van der Waals surface area contributed by atoms with E-state index in [0.29, 0.717) is 42.3 Å². The average Bonchev–Trinajstić information content (AvgIpc) is 2.87. The number of ether oxygens (including phenoxy) is 4. The van der Waals surface area contributed by atoms with Crippen molar-refractivity contribution in [2.75, 3.05) is 39.5 Å². The number of amides is 1. The number of fused-ring (bicyclic) bond motifs is 1. The van der Waals surface area contributed by atoms with Gasteiger partial charge in [-0.1, -0.05) is 11.6 Å². The highest BCUT2D eigenvalue weighted by atomic mass is 35.5. The summed E-state index contributed by atoms with van der Waals surface area (Å²) in [4.78, 5) is 35.5. The second kappa shape index (κ2) is 13.9. The summed E-state index contributed by atoms with van der Waals surface area (Å²) in [5.41, 5.74) is 1.66. The molecule has 0 saturated carbocycles. The first-order valence-corrected chi connectivity index (χ1v) is 13.4. The summed E-state index contributed by atoms with van der Waals surface area (Å²) in [5, 5.41) is 1.22.